The van der Waals surface area contributed by atoms with Crippen LogP contribution >= 0.6 is 0 Å². The zero-order valence-corrected chi connectivity index (χ0v) is 12.1. The Morgan fingerprint density at radius 1 is 1.33 bits per heavy atom. The number of nitrogens with zero attached hydrogens (tertiary/aromatic N) is 3. The summed E-state index contributed by atoms with van der Waals surface area (Å²) >= 11 is 0. The maximum absolute atomic E-state index is 12.9. The number of aromatic nitrogens is 2. The van der Waals surface area contributed by atoms with Crippen molar-refractivity contribution in [3.63, 3.8) is 0 Å². The van der Waals surface area contributed by atoms with E-state index >= 15 is 0 Å². The fourth-order valence-corrected chi connectivity index (χ4v) is 2.43. The molecular weight excluding hydrogens is 273 g/mol. The van der Waals surface area contributed by atoms with Crippen molar-refractivity contribution in [3.05, 3.63) is 35.9 Å². The van der Waals surface area contributed by atoms with Crippen molar-refractivity contribution in [2.24, 2.45) is 5.92 Å². The van der Waals surface area contributed by atoms with Crippen molar-refractivity contribution in [3.8, 4) is 11.5 Å². The van der Waals surface area contributed by atoms with Crippen LogP contribution in [0.3, 0.4) is 0 Å². The number of β-amino-alcohol motifs (C(OH)–C–C–N with tert-alkyl or cyclic N) is 1. The van der Waals surface area contributed by atoms with Crippen LogP contribution in [0.15, 0.2) is 28.8 Å². The van der Waals surface area contributed by atoms with Gasteiger partial charge in [-0.3, -0.25) is 4.90 Å². The van der Waals surface area contributed by atoms with Crippen LogP contribution in [0.1, 0.15) is 19.7 Å². The van der Waals surface area contributed by atoms with Crippen LogP contribution in [0.25, 0.3) is 11.5 Å². The molecule has 0 spiro atoms. The first-order valence-electron chi connectivity index (χ1n) is 6.99. The maximum Gasteiger partial charge on any atom is 0.257 e. The van der Waals surface area contributed by atoms with Crippen molar-refractivity contribution in [2.75, 3.05) is 13.1 Å². The van der Waals surface area contributed by atoms with Crippen LogP contribution in [0, 0.1) is 11.7 Å². The molecule has 2 heterocycles. The number of aliphatic hydroxyl groups is 1. The molecule has 0 unspecified atom stereocenters. The first-order valence-corrected chi connectivity index (χ1v) is 6.99. The Balaban J connectivity index is 1.63. The molecule has 0 saturated carbocycles. The average Bonchev–Trinajstić information content (AvgIpc) is 2.86. The SMILES string of the molecule is CC(C)C1(O)CN(Cc2noc(-c3ccc(F)cc3)n2)C1. The van der Waals surface area contributed by atoms with Gasteiger partial charge in [-0.1, -0.05) is 19.0 Å². The van der Waals surface area contributed by atoms with E-state index in [-0.39, 0.29) is 11.7 Å². The molecule has 0 radical (unpaired) electrons. The Morgan fingerprint density at radius 3 is 2.62 bits per heavy atom. The Labute approximate surface area is 122 Å². The largest absolute Gasteiger partial charge is 0.387 e. The first kappa shape index (κ1) is 14.2. The molecule has 0 aliphatic carbocycles. The van der Waals surface area contributed by atoms with Crippen molar-refractivity contribution < 1.29 is 14.0 Å². The minimum absolute atomic E-state index is 0.230. The molecule has 21 heavy (non-hydrogen) atoms. The quantitative estimate of drug-likeness (QED) is 0.934. The zero-order chi connectivity index (χ0) is 15.0. The highest BCUT2D eigenvalue weighted by atomic mass is 19.1. The number of likely N-dealkylation sites (tertiary alicyclic amines) is 1. The van der Waals surface area contributed by atoms with Crippen molar-refractivity contribution in [2.45, 2.75) is 26.0 Å². The van der Waals surface area contributed by atoms with Gasteiger partial charge in [-0.05, 0) is 30.2 Å². The van der Waals surface area contributed by atoms with Gasteiger partial charge in [-0.25, -0.2) is 4.39 Å². The smallest absolute Gasteiger partial charge is 0.257 e. The van der Waals surface area contributed by atoms with Gasteiger partial charge < -0.3 is 9.63 Å². The Kier molecular flexibility index (Phi) is 3.51. The van der Waals surface area contributed by atoms with Crippen molar-refractivity contribution in [1.82, 2.24) is 15.0 Å². The van der Waals surface area contributed by atoms with E-state index in [1.165, 1.54) is 12.1 Å². The van der Waals surface area contributed by atoms with Gasteiger partial charge in [-0.2, -0.15) is 4.98 Å². The first-order chi connectivity index (χ1) is 9.96. The Hall–Kier alpha value is -1.79. The minimum atomic E-state index is -0.608. The lowest BCUT2D eigenvalue weighted by Crippen LogP contribution is -2.63. The number of halogens is 1. The molecule has 1 aromatic heterocycles. The van der Waals surface area contributed by atoms with Gasteiger partial charge in [0.1, 0.15) is 5.82 Å². The fraction of sp³-hybridized carbons (Fsp3) is 0.467. The molecule has 1 saturated heterocycles. The lowest BCUT2D eigenvalue weighted by atomic mass is 9.83. The predicted octanol–water partition coefficient (Wildman–Crippen LogP) is 2.08. The molecule has 5 nitrogen and oxygen atoms in total. The second-order valence-electron chi connectivity index (χ2n) is 5.93. The van der Waals surface area contributed by atoms with Crippen molar-refractivity contribution >= 4 is 0 Å². The van der Waals surface area contributed by atoms with Crippen LogP contribution in [-0.2, 0) is 6.54 Å². The maximum atomic E-state index is 12.9. The highest BCUT2D eigenvalue weighted by Crippen LogP contribution is 2.29. The second-order valence-corrected chi connectivity index (χ2v) is 5.93. The molecule has 1 N–H and O–H groups in total. The van der Waals surface area contributed by atoms with E-state index in [1.807, 2.05) is 13.8 Å². The van der Waals surface area contributed by atoms with E-state index < -0.39 is 5.60 Å². The van der Waals surface area contributed by atoms with E-state index in [4.69, 9.17) is 4.52 Å². The van der Waals surface area contributed by atoms with Gasteiger partial charge in [0.2, 0.25) is 0 Å². The van der Waals surface area contributed by atoms with Crippen LogP contribution in [0.4, 0.5) is 4.39 Å². The lowest BCUT2D eigenvalue weighted by Gasteiger charge is -2.48. The lowest BCUT2D eigenvalue weighted by molar-refractivity contribution is -0.131. The third-order valence-corrected chi connectivity index (χ3v) is 3.99. The summed E-state index contributed by atoms with van der Waals surface area (Å²) in [6, 6.07) is 5.93. The summed E-state index contributed by atoms with van der Waals surface area (Å²) < 4.78 is 18.1. The number of benzene rings is 1. The summed E-state index contributed by atoms with van der Waals surface area (Å²) in [5, 5.41) is 14.1. The minimum Gasteiger partial charge on any atom is -0.387 e. The third kappa shape index (κ3) is 2.82. The molecule has 2 aromatic rings. The summed E-state index contributed by atoms with van der Waals surface area (Å²) in [5.74, 6) is 0.880. The number of hydrogen-bond donors (Lipinski definition) is 1. The molecule has 6 heteroatoms. The van der Waals surface area contributed by atoms with E-state index in [1.54, 1.807) is 12.1 Å². The second kappa shape index (κ2) is 5.20. The summed E-state index contributed by atoms with van der Waals surface area (Å²) in [4.78, 5) is 6.37. The summed E-state index contributed by atoms with van der Waals surface area (Å²) in [6.45, 7) is 5.80. The highest BCUT2D eigenvalue weighted by molar-refractivity contribution is 5.52. The molecule has 1 aliphatic heterocycles. The van der Waals surface area contributed by atoms with E-state index in [0.717, 1.165) is 0 Å². The zero-order valence-electron chi connectivity index (χ0n) is 12.1. The van der Waals surface area contributed by atoms with Gasteiger partial charge in [0, 0.05) is 18.7 Å². The average molecular weight is 291 g/mol. The van der Waals surface area contributed by atoms with Crippen LogP contribution in [0.2, 0.25) is 0 Å². The topological polar surface area (TPSA) is 62.4 Å². The summed E-state index contributed by atoms with van der Waals surface area (Å²) in [5.41, 5.74) is 0.0845. The van der Waals surface area contributed by atoms with E-state index in [0.29, 0.717) is 36.9 Å². The number of rotatable bonds is 4. The molecule has 1 fully saturated rings. The van der Waals surface area contributed by atoms with E-state index in [2.05, 4.69) is 15.0 Å². The van der Waals surface area contributed by atoms with Gasteiger partial charge in [0.05, 0.1) is 12.1 Å². The van der Waals surface area contributed by atoms with Gasteiger partial charge in [0.15, 0.2) is 5.82 Å². The molecule has 1 aromatic carbocycles. The molecule has 112 valence electrons. The predicted molar refractivity (Wildman–Crippen MR) is 74.8 cm³/mol. The molecular formula is C15H18FN3O2. The van der Waals surface area contributed by atoms with E-state index in [9.17, 15) is 9.50 Å². The Morgan fingerprint density at radius 2 is 2.00 bits per heavy atom. The van der Waals surface area contributed by atoms with Crippen LogP contribution < -0.4 is 0 Å². The third-order valence-electron chi connectivity index (χ3n) is 3.99. The molecule has 0 atom stereocenters. The summed E-state index contributed by atoms with van der Waals surface area (Å²) in [6.07, 6.45) is 0. The fourth-order valence-electron chi connectivity index (χ4n) is 2.43. The Bertz CT molecular complexity index is 618. The standard InChI is InChI=1S/C15H18FN3O2/c1-10(2)15(20)8-19(9-15)7-13-17-14(21-18-13)11-3-5-12(16)6-4-11/h3-6,10,20H,7-9H2,1-2H3. The van der Waals surface area contributed by atoms with Crippen LogP contribution in [-0.4, -0.2) is 38.8 Å². The van der Waals surface area contributed by atoms with Gasteiger partial charge >= 0.3 is 0 Å². The molecule has 1 aliphatic rings. The van der Waals surface area contributed by atoms with Gasteiger partial charge in [-0.15, -0.1) is 0 Å². The summed E-state index contributed by atoms with van der Waals surface area (Å²) in [7, 11) is 0. The highest BCUT2D eigenvalue weighted by Gasteiger charge is 2.43. The number of hydrogen-bond acceptors (Lipinski definition) is 5. The molecule has 3 rings (SSSR count). The monoisotopic (exact) mass is 291 g/mol. The van der Waals surface area contributed by atoms with Gasteiger partial charge in [0.25, 0.3) is 5.89 Å². The molecule has 0 bridgehead atoms. The van der Waals surface area contributed by atoms with Crippen LogP contribution in [0.5, 0.6) is 0 Å². The van der Waals surface area contributed by atoms with Crippen molar-refractivity contribution in [1.29, 1.82) is 0 Å². The normalized spacial score (nSPS) is 18.0. The molecule has 0 amide bonds.